The first kappa shape index (κ1) is 16.9. The third-order valence-corrected chi connectivity index (χ3v) is 4.10. The summed E-state index contributed by atoms with van der Waals surface area (Å²) in [6.45, 7) is 1.92. The zero-order chi connectivity index (χ0) is 17.6. The number of anilines is 1. The Labute approximate surface area is 147 Å². The topological polar surface area (TPSA) is 71.1 Å². The monoisotopic (exact) mass is 335 g/mol. The van der Waals surface area contributed by atoms with E-state index in [-0.39, 0.29) is 23.8 Å². The van der Waals surface area contributed by atoms with Crippen LogP contribution in [-0.2, 0) is 9.59 Å². The molecule has 1 fully saturated rings. The van der Waals surface area contributed by atoms with Gasteiger partial charge in [-0.05, 0) is 55.2 Å². The van der Waals surface area contributed by atoms with Crippen molar-refractivity contribution in [3.63, 3.8) is 0 Å². The van der Waals surface area contributed by atoms with Crippen molar-refractivity contribution in [2.45, 2.75) is 25.8 Å². The van der Waals surface area contributed by atoms with Gasteiger partial charge < -0.3 is 10.6 Å². The highest BCUT2D eigenvalue weighted by Crippen LogP contribution is 2.30. The molecule has 0 aliphatic heterocycles. The molecule has 128 valence electrons. The maximum Gasteiger partial charge on any atom is 0.244 e. The molecule has 1 atom stereocenters. The van der Waals surface area contributed by atoms with Gasteiger partial charge in [0, 0.05) is 30.1 Å². The SMILES string of the molecule is C[C@H](NC(=O)/C=C\c1cccnc1)c1ccc(NC(=O)C2CC2)cc1. The highest BCUT2D eigenvalue weighted by Gasteiger charge is 2.29. The number of benzene rings is 1. The molecule has 0 spiro atoms. The van der Waals surface area contributed by atoms with E-state index in [1.807, 2.05) is 43.3 Å². The fourth-order valence-electron chi connectivity index (χ4n) is 2.44. The quantitative estimate of drug-likeness (QED) is 0.796. The summed E-state index contributed by atoms with van der Waals surface area (Å²) < 4.78 is 0. The first-order valence-corrected chi connectivity index (χ1v) is 8.41. The summed E-state index contributed by atoms with van der Waals surface area (Å²) in [5, 5.41) is 5.83. The number of hydrogen-bond donors (Lipinski definition) is 2. The number of carbonyl (C=O) groups excluding carboxylic acids is 2. The minimum Gasteiger partial charge on any atom is -0.346 e. The molecule has 1 heterocycles. The highest BCUT2D eigenvalue weighted by atomic mass is 16.2. The van der Waals surface area contributed by atoms with Gasteiger partial charge in [-0.2, -0.15) is 0 Å². The van der Waals surface area contributed by atoms with Gasteiger partial charge in [0.1, 0.15) is 0 Å². The van der Waals surface area contributed by atoms with Gasteiger partial charge in [0.2, 0.25) is 11.8 Å². The number of amides is 2. The van der Waals surface area contributed by atoms with Gasteiger partial charge in [0.05, 0.1) is 6.04 Å². The van der Waals surface area contributed by atoms with Gasteiger partial charge in [-0.15, -0.1) is 0 Å². The minimum atomic E-state index is -0.164. The molecular formula is C20H21N3O2. The number of hydrogen-bond acceptors (Lipinski definition) is 3. The van der Waals surface area contributed by atoms with Crippen molar-refractivity contribution in [2.75, 3.05) is 5.32 Å². The lowest BCUT2D eigenvalue weighted by Crippen LogP contribution is -2.24. The smallest absolute Gasteiger partial charge is 0.244 e. The zero-order valence-electron chi connectivity index (χ0n) is 14.1. The molecule has 1 aromatic heterocycles. The van der Waals surface area contributed by atoms with Crippen LogP contribution in [0.5, 0.6) is 0 Å². The van der Waals surface area contributed by atoms with Crippen LogP contribution in [0, 0.1) is 5.92 Å². The van der Waals surface area contributed by atoms with Gasteiger partial charge in [-0.1, -0.05) is 18.2 Å². The molecule has 5 heteroatoms. The number of nitrogens with one attached hydrogen (secondary N) is 2. The summed E-state index contributed by atoms with van der Waals surface area (Å²) in [6, 6.07) is 11.1. The molecule has 0 saturated heterocycles. The van der Waals surface area contributed by atoms with Crippen molar-refractivity contribution >= 4 is 23.6 Å². The predicted molar refractivity (Wildman–Crippen MR) is 97.6 cm³/mol. The van der Waals surface area contributed by atoms with E-state index < -0.39 is 0 Å². The van der Waals surface area contributed by atoms with Gasteiger partial charge in [0.25, 0.3) is 0 Å². The summed E-state index contributed by atoms with van der Waals surface area (Å²) in [4.78, 5) is 27.8. The van der Waals surface area contributed by atoms with Crippen LogP contribution in [-0.4, -0.2) is 16.8 Å². The normalized spacial score (nSPS) is 14.9. The van der Waals surface area contributed by atoms with Crippen LogP contribution in [0.1, 0.15) is 36.9 Å². The summed E-state index contributed by atoms with van der Waals surface area (Å²) >= 11 is 0. The third-order valence-electron chi connectivity index (χ3n) is 4.10. The minimum absolute atomic E-state index is 0.0923. The number of aromatic nitrogens is 1. The molecule has 0 bridgehead atoms. The van der Waals surface area contributed by atoms with E-state index in [1.54, 1.807) is 18.5 Å². The number of rotatable bonds is 6. The maximum absolute atomic E-state index is 12.0. The third kappa shape index (κ3) is 5.01. The fourth-order valence-corrected chi connectivity index (χ4v) is 2.44. The molecule has 1 aliphatic rings. The lowest BCUT2D eigenvalue weighted by Gasteiger charge is -2.14. The molecule has 2 N–H and O–H groups in total. The number of nitrogens with zero attached hydrogens (tertiary/aromatic N) is 1. The molecule has 1 saturated carbocycles. The summed E-state index contributed by atoms with van der Waals surface area (Å²) in [5.74, 6) is 0.113. The molecule has 2 amide bonds. The van der Waals surface area contributed by atoms with E-state index in [4.69, 9.17) is 0 Å². The van der Waals surface area contributed by atoms with Crippen LogP contribution < -0.4 is 10.6 Å². The van der Waals surface area contributed by atoms with E-state index in [9.17, 15) is 9.59 Å². The first-order chi connectivity index (χ1) is 12.1. The van der Waals surface area contributed by atoms with Gasteiger partial charge in [-0.3, -0.25) is 14.6 Å². The Balaban J connectivity index is 1.53. The van der Waals surface area contributed by atoms with Crippen molar-refractivity contribution < 1.29 is 9.59 Å². The number of carbonyl (C=O) groups is 2. The summed E-state index contributed by atoms with van der Waals surface area (Å²) in [6.07, 6.45) is 8.58. The lowest BCUT2D eigenvalue weighted by molar-refractivity contribution is -0.118. The lowest BCUT2D eigenvalue weighted by atomic mass is 10.1. The van der Waals surface area contributed by atoms with E-state index in [0.717, 1.165) is 29.7 Å². The average Bonchev–Trinajstić information content (AvgIpc) is 3.46. The van der Waals surface area contributed by atoms with Crippen molar-refractivity contribution in [3.05, 3.63) is 66.0 Å². The maximum atomic E-state index is 12.0. The molecular weight excluding hydrogens is 314 g/mol. The molecule has 3 rings (SSSR count). The molecule has 0 radical (unpaired) electrons. The summed E-state index contributed by atoms with van der Waals surface area (Å²) in [7, 11) is 0. The Morgan fingerprint density at radius 1 is 1.20 bits per heavy atom. The highest BCUT2D eigenvalue weighted by molar-refractivity contribution is 5.94. The van der Waals surface area contributed by atoms with Crippen LogP contribution >= 0.6 is 0 Å². The van der Waals surface area contributed by atoms with E-state index in [0.29, 0.717) is 0 Å². The van der Waals surface area contributed by atoms with Gasteiger partial charge in [0.15, 0.2) is 0 Å². The van der Waals surface area contributed by atoms with Crippen LogP contribution in [0.25, 0.3) is 6.08 Å². The van der Waals surface area contributed by atoms with Crippen LogP contribution in [0.15, 0.2) is 54.9 Å². The van der Waals surface area contributed by atoms with Crippen molar-refractivity contribution in [2.24, 2.45) is 5.92 Å². The van der Waals surface area contributed by atoms with Crippen molar-refractivity contribution in [3.8, 4) is 0 Å². The summed E-state index contributed by atoms with van der Waals surface area (Å²) in [5.41, 5.74) is 2.64. The van der Waals surface area contributed by atoms with Crippen LogP contribution in [0.2, 0.25) is 0 Å². The molecule has 2 aromatic rings. The Morgan fingerprint density at radius 3 is 2.60 bits per heavy atom. The average molecular weight is 335 g/mol. The van der Waals surface area contributed by atoms with Crippen molar-refractivity contribution in [1.29, 1.82) is 0 Å². The first-order valence-electron chi connectivity index (χ1n) is 8.41. The van der Waals surface area contributed by atoms with Gasteiger partial charge >= 0.3 is 0 Å². The van der Waals surface area contributed by atoms with E-state index in [2.05, 4.69) is 15.6 Å². The second kappa shape index (κ2) is 7.75. The second-order valence-corrected chi connectivity index (χ2v) is 6.24. The Hall–Kier alpha value is -2.95. The fraction of sp³-hybridized carbons (Fsp3) is 0.250. The Morgan fingerprint density at radius 2 is 1.96 bits per heavy atom. The Bertz CT molecular complexity index is 765. The molecule has 5 nitrogen and oxygen atoms in total. The second-order valence-electron chi connectivity index (χ2n) is 6.24. The van der Waals surface area contributed by atoms with Gasteiger partial charge in [-0.25, -0.2) is 0 Å². The van der Waals surface area contributed by atoms with Crippen LogP contribution in [0.4, 0.5) is 5.69 Å². The molecule has 25 heavy (non-hydrogen) atoms. The Kier molecular flexibility index (Phi) is 5.23. The standard InChI is InChI=1S/C20H21N3O2/c1-14(22-19(24)11-4-15-3-2-12-21-13-15)16-7-9-18(10-8-16)23-20(25)17-5-6-17/h2-4,7-14,17H,5-6H2,1H3,(H,22,24)(H,23,25)/b11-4-/t14-/m0/s1. The molecule has 0 unspecified atom stereocenters. The molecule has 1 aromatic carbocycles. The molecule has 1 aliphatic carbocycles. The van der Waals surface area contributed by atoms with E-state index in [1.165, 1.54) is 6.08 Å². The predicted octanol–water partition coefficient (Wildman–Crippen LogP) is 3.32. The van der Waals surface area contributed by atoms with E-state index >= 15 is 0 Å². The van der Waals surface area contributed by atoms with Crippen LogP contribution in [0.3, 0.4) is 0 Å². The largest absolute Gasteiger partial charge is 0.346 e. The number of pyridine rings is 1. The van der Waals surface area contributed by atoms with Crippen molar-refractivity contribution in [1.82, 2.24) is 10.3 Å². The zero-order valence-corrected chi connectivity index (χ0v) is 14.1.